The van der Waals surface area contributed by atoms with Gasteiger partial charge in [-0.15, -0.1) is 0 Å². The Bertz CT molecular complexity index is 875. The Kier molecular flexibility index (Phi) is 5.00. The van der Waals surface area contributed by atoms with Gasteiger partial charge in [0.25, 0.3) is 0 Å². The summed E-state index contributed by atoms with van der Waals surface area (Å²) in [5.74, 6) is 1.57. The van der Waals surface area contributed by atoms with Crippen molar-refractivity contribution in [3.63, 3.8) is 0 Å². The summed E-state index contributed by atoms with van der Waals surface area (Å²) in [6.07, 6.45) is 5.99. The maximum Gasteiger partial charge on any atom is 0.241 e. The summed E-state index contributed by atoms with van der Waals surface area (Å²) in [6.45, 7) is 3.09. The lowest BCUT2D eigenvalue weighted by atomic mass is 9.54. The molecule has 0 spiro atoms. The van der Waals surface area contributed by atoms with Crippen molar-refractivity contribution in [1.29, 1.82) is 0 Å². The van der Waals surface area contributed by atoms with Crippen LogP contribution in [-0.4, -0.2) is 25.9 Å². The average molecular weight is 429 g/mol. The minimum absolute atomic E-state index is 0.129. The van der Waals surface area contributed by atoms with Crippen molar-refractivity contribution in [2.45, 2.75) is 62.4 Å². The smallest absolute Gasteiger partial charge is 0.241 e. The van der Waals surface area contributed by atoms with E-state index in [1.807, 2.05) is 0 Å². The molecule has 4 saturated carbocycles. The third-order valence-electron chi connectivity index (χ3n) is 6.68. The highest BCUT2D eigenvalue weighted by Crippen LogP contribution is 2.53. The lowest BCUT2D eigenvalue weighted by Crippen LogP contribution is -2.62. The molecule has 0 atom stereocenters. The summed E-state index contributed by atoms with van der Waals surface area (Å²) < 4.78 is 41.2. The Balaban J connectivity index is 1.47. The lowest BCUT2D eigenvalue weighted by molar-refractivity contribution is -0.129. The molecule has 8 heteroatoms. The Hall–Kier alpha value is -1.18. The van der Waals surface area contributed by atoms with Gasteiger partial charge in [0.2, 0.25) is 15.9 Å². The minimum atomic E-state index is -4.03. The van der Waals surface area contributed by atoms with Crippen LogP contribution in [0.25, 0.3) is 0 Å². The molecule has 4 bridgehead atoms. The summed E-state index contributed by atoms with van der Waals surface area (Å²) in [5.41, 5.74) is -1.34. The zero-order chi connectivity index (χ0) is 20.3. The van der Waals surface area contributed by atoms with E-state index in [1.165, 1.54) is 6.42 Å². The molecule has 1 aromatic rings. The van der Waals surface area contributed by atoms with Crippen LogP contribution in [0.15, 0.2) is 23.1 Å². The molecule has 154 valence electrons. The number of sulfonamides is 1. The second kappa shape index (κ2) is 6.96. The van der Waals surface area contributed by atoms with Crippen LogP contribution >= 0.6 is 11.6 Å². The fourth-order valence-corrected chi connectivity index (χ4v) is 7.23. The van der Waals surface area contributed by atoms with Crippen molar-refractivity contribution in [3.8, 4) is 0 Å². The molecule has 0 saturated heterocycles. The molecule has 0 aliphatic heterocycles. The topological polar surface area (TPSA) is 75.3 Å². The predicted octanol–water partition coefficient (Wildman–Crippen LogP) is 3.48. The normalized spacial score (nSPS) is 31.8. The van der Waals surface area contributed by atoms with Gasteiger partial charge in [-0.2, -0.15) is 4.72 Å². The molecule has 0 unspecified atom stereocenters. The Morgan fingerprint density at radius 2 is 1.68 bits per heavy atom. The zero-order valence-corrected chi connectivity index (χ0v) is 17.6. The van der Waals surface area contributed by atoms with Crippen molar-refractivity contribution in [2.75, 3.05) is 0 Å². The predicted molar refractivity (Wildman–Crippen MR) is 105 cm³/mol. The van der Waals surface area contributed by atoms with Gasteiger partial charge in [-0.3, -0.25) is 4.79 Å². The van der Waals surface area contributed by atoms with E-state index in [0.717, 1.165) is 55.7 Å². The molecule has 1 aromatic carbocycles. The van der Waals surface area contributed by atoms with Crippen LogP contribution in [0, 0.1) is 29.5 Å². The van der Waals surface area contributed by atoms with Crippen molar-refractivity contribution in [1.82, 2.24) is 10.0 Å². The van der Waals surface area contributed by atoms with E-state index >= 15 is 0 Å². The molecule has 5 nitrogen and oxygen atoms in total. The van der Waals surface area contributed by atoms with Crippen LogP contribution in [0.5, 0.6) is 0 Å². The molecule has 28 heavy (non-hydrogen) atoms. The third kappa shape index (κ3) is 3.68. The van der Waals surface area contributed by atoms with Gasteiger partial charge in [0.1, 0.15) is 11.4 Å². The summed E-state index contributed by atoms with van der Waals surface area (Å²) in [6, 6.07) is 3.31. The molecular formula is C20H26ClFN2O3S. The van der Waals surface area contributed by atoms with Crippen LogP contribution in [0.2, 0.25) is 5.02 Å². The van der Waals surface area contributed by atoms with E-state index in [9.17, 15) is 17.6 Å². The third-order valence-corrected chi connectivity index (χ3v) is 8.63. The van der Waals surface area contributed by atoms with E-state index in [4.69, 9.17) is 11.6 Å². The van der Waals surface area contributed by atoms with Gasteiger partial charge in [-0.1, -0.05) is 11.6 Å². The summed E-state index contributed by atoms with van der Waals surface area (Å²) >= 11 is 5.71. The van der Waals surface area contributed by atoms with Crippen LogP contribution in [0.1, 0.15) is 46.0 Å². The van der Waals surface area contributed by atoms with Crippen LogP contribution in [0.4, 0.5) is 4.39 Å². The van der Waals surface area contributed by atoms with Gasteiger partial charge >= 0.3 is 0 Å². The van der Waals surface area contributed by atoms with Crippen molar-refractivity contribution in [3.05, 3.63) is 29.0 Å². The highest BCUT2D eigenvalue weighted by Gasteiger charge is 2.49. The largest absolute Gasteiger partial charge is 0.351 e. The number of nitrogens with one attached hydrogen (secondary N) is 2. The maximum absolute atomic E-state index is 13.3. The highest BCUT2D eigenvalue weighted by atomic mass is 35.5. The fraction of sp³-hybridized carbons (Fsp3) is 0.650. The first-order chi connectivity index (χ1) is 13.0. The van der Waals surface area contributed by atoms with Crippen molar-refractivity contribution < 1.29 is 17.6 Å². The molecule has 4 fully saturated rings. The number of rotatable bonds is 5. The number of hydrogen-bond donors (Lipinski definition) is 2. The molecular weight excluding hydrogens is 403 g/mol. The van der Waals surface area contributed by atoms with Crippen LogP contribution in [-0.2, 0) is 14.8 Å². The van der Waals surface area contributed by atoms with Crippen molar-refractivity contribution in [2.24, 2.45) is 23.7 Å². The maximum atomic E-state index is 13.3. The summed E-state index contributed by atoms with van der Waals surface area (Å²) in [5, 5.41) is 2.87. The first-order valence-corrected chi connectivity index (χ1v) is 11.7. The number of carbonyl (C=O) groups is 1. The number of halogens is 2. The molecule has 2 N–H and O–H groups in total. The average Bonchev–Trinajstić information content (AvgIpc) is 2.58. The second-order valence-electron chi connectivity index (χ2n) is 9.24. The number of benzene rings is 1. The summed E-state index contributed by atoms with van der Waals surface area (Å²) in [7, 11) is -4.03. The first-order valence-electron chi connectivity index (χ1n) is 9.85. The van der Waals surface area contributed by atoms with E-state index in [-0.39, 0.29) is 21.9 Å². The zero-order valence-electron chi connectivity index (χ0n) is 16.0. The molecule has 0 radical (unpaired) electrons. The molecule has 5 rings (SSSR count). The Morgan fingerprint density at radius 3 is 2.21 bits per heavy atom. The highest BCUT2D eigenvalue weighted by molar-refractivity contribution is 7.89. The van der Waals surface area contributed by atoms with Gasteiger partial charge < -0.3 is 5.32 Å². The Labute approximate surface area is 170 Å². The number of carbonyl (C=O) groups excluding carboxylic acids is 1. The van der Waals surface area contributed by atoms with E-state index < -0.39 is 21.4 Å². The number of amides is 1. The monoisotopic (exact) mass is 428 g/mol. The van der Waals surface area contributed by atoms with E-state index in [1.54, 1.807) is 13.8 Å². The Morgan fingerprint density at radius 1 is 1.11 bits per heavy atom. The molecule has 0 heterocycles. The molecule has 4 aliphatic carbocycles. The van der Waals surface area contributed by atoms with E-state index in [2.05, 4.69) is 10.0 Å². The van der Waals surface area contributed by atoms with Gasteiger partial charge in [0, 0.05) is 6.04 Å². The van der Waals surface area contributed by atoms with Gasteiger partial charge in [-0.25, -0.2) is 12.8 Å². The van der Waals surface area contributed by atoms with E-state index in [0.29, 0.717) is 11.8 Å². The lowest BCUT2D eigenvalue weighted by Gasteiger charge is -2.54. The molecule has 0 aromatic heterocycles. The van der Waals surface area contributed by atoms with Crippen LogP contribution in [0.3, 0.4) is 0 Å². The van der Waals surface area contributed by atoms with Gasteiger partial charge in [0.15, 0.2) is 0 Å². The quantitative estimate of drug-likeness (QED) is 0.753. The van der Waals surface area contributed by atoms with Gasteiger partial charge in [0.05, 0.1) is 9.92 Å². The minimum Gasteiger partial charge on any atom is -0.351 e. The van der Waals surface area contributed by atoms with Crippen molar-refractivity contribution >= 4 is 27.5 Å². The fourth-order valence-electron chi connectivity index (χ4n) is 5.58. The summed E-state index contributed by atoms with van der Waals surface area (Å²) in [4.78, 5) is 12.8. The molecule has 1 amide bonds. The SMILES string of the molecule is CC(C)(NS(=O)(=O)c1ccc(F)c(Cl)c1)C(=O)NC1C2CC3CC(C2)CC1C3. The van der Waals surface area contributed by atoms with Gasteiger partial charge in [-0.05, 0) is 87.8 Å². The molecule has 4 aliphatic rings. The second-order valence-corrected chi connectivity index (χ2v) is 11.3. The standard InChI is InChI=1S/C20H26ClFN2O3S/c1-20(2,24-28(26,27)15-3-4-17(22)16(21)10-15)19(25)23-18-13-6-11-5-12(8-13)9-14(18)7-11/h3-4,10-14,18,24H,5-9H2,1-2H3,(H,23,25). The van der Waals surface area contributed by atoms with Crippen LogP contribution < -0.4 is 10.0 Å². The first kappa shape index (κ1) is 20.1. The number of hydrogen-bond acceptors (Lipinski definition) is 3.